The van der Waals surface area contributed by atoms with Crippen LogP contribution in [0, 0.1) is 19.8 Å². The minimum atomic E-state index is 0.553. The lowest BCUT2D eigenvalue weighted by molar-refractivity contribution is 0.493. The molecule has 0 aliphatic rings. The molecule has 1 N–H and O–H groups in total. The minimum absolute atomic E-state index is 0.553. The molecule has 2 heteroatoms. The molecule has 1 atom stereocenters. The Hall–Kier alpha value is -1.31. The van der Waals surface area contributed by atoms with Gasteiger partial charge in [0.2, 0.25) is 0 Å². The maximum absolute atomic E-state index is 6.30. The van der Waals surface area contributed by atoms with Gasteiger partial charge >= 0.3 is 0 Å². The van der Waals surface area contributed by atoms with Crippen molar-refractivity contribution in [3.05, 3.63) is 69.7 Å². The average Bonchev–Trinajstić information content (AvgIpc) is 2.46. The zero-order valence-corrected chi connectivity index (χ0v) is 13.9. The van der Waals surface area contributed by atoms with Crippen molar-refractivity contribution < 1.29 is 0 Å². The monoisotopic (exact) mass is 301 g/mol. The zero-order valence-electron chi connectivity index (χ0n) is 13.1. The van der Waals surface area contributed by atoms with E-state index in [0.717, 1.165) is 24.4 Å². The van der Waals surface area contributed by atoms with E-state index in [1.54, 1.807) is 0 Å². The molecule has 2 rings (SSSR count). The van der Waals surface area contributed by atoms with E-state index in [4.69, 9.17) is 11.6 Å². The Morgan fingerprint density at radius 2 is 1.76 bits per heavy atom. The molecule has 0 saturated carbocycles. The third-order valence-electron chi connectivity index (χ3n) is 4.05. The maximum Gasteiger partial charge on any atom is 0.0438 e. The van der Waals surface area contributed by atoms with Gasteiger partial charge in [-0.1, -0.05) is 48.0 Å². The number of aryl methyl sites for hydroxylation is 2. The molecule has 2 aromatic carbocycles. The summed E-state index contributed by atoms with van der Waals surface area (Å²) in [4.78, 5) is 0. The number of rotatable bonds is 6. The largest absolute Gasteiger partial charge is 0.319 e. The van der Waals surface area contributed by atoms with E-state index in [9.17, 15) is 0 Å². The lowest BCUT2D eigenvalue weighted by Gasteiger charge is -2.18. The molecule has 0 aliphatic heterocycles. The van der Waals surface area contributed by atoms with E-state index in [1.165, 1.54) is 22.3 Å². The van der Waals surface area contributed by atoms with Crippen LogP contribution < -0.4 is 5.32 Å². The fourth-order valence-corrected chi connectivity index (χ4v) is 2.96. The van der Waals surface area contributed by atoms with Gasteiger partial charge in [-0.25, -0.2) is 0 Å². The number of hydrogen-bond acceptors (Lipinski definition) is 1. The third kappa shape index (κ3) is 4.59. The van der Waals surface area contributed by atoms with E-state index >= 15 is 0 Å². The van der Waals surface area contributed by atoms with Gasteiger partial charge < -0.3 is 5.32 Å². The molecule has 2 aromatic rings. The summed E-state index contributed by atoms with van der Waals surface area (Å²) in [7, 11) is 2.01. The Labute approximate surface area is 133 Å². The Bertz CT molecular complexity index is 592. The highest BCUT2D eigenvalue weighted by molar-refractivity contribution is 6.31. The van der Waals surface area contributed by atoms with Crippen LogP contribution in [0.1, 0.15) is 22.3 Å². The molecule has 0 aliphatic carbocycles. The lowest BCUT2D eigenvalue weighted by Crippen LogP contribution is -2.23. The van der Waals surface area contributed by atoms with Gasteiger partial charge in [0.1, 0.15) is 0 Å². The second kappa shape index (κ2) is 7.63. The summed E-state index contributed by atoms with van der Waals surface area (Å²) in [5, 5.41) is 4.18. The molecule has 1 nitrogen and oxygen atoms in total. The van der Waals surface area contributed by atoms with E-state index < -0.39 is 0 Å². The lowest BCUT2D eigenvalue weighted by atomic mass is 9.91. The fraction of sp³-hybridized carbons (Fsp3) is 0.368. The minimum Gasteiger partial charge on any atom is -0.319 e. The summed E-state index contributed by atoms with van der Waals surface area (Å²) in [6.07, 6.45) is 2.08. The summed E-state index contributed by atoms with van der Waals surface area (Å²) < 4.78 is 0. The molecule has 0 aromatic heterocycles. The molecular weight excluding hydrogens is 278 g/mol. The van der Waals surface area contributed by atoms with Gasteiger partial charge in [0.15, 0.2) is 0 Å². The SMILES string of the molecule is CNCC(Cc1ccc(C)c(C)c1)Cc1ccccc1Cl. The fourth-order valence-electron chi connectivity index (χ4n) is 2.74. The first-order valence-electron chi connectivity index (χ1n) is 7.54. The van der Waals surface area contributed by atoms with Gasteiger partial charge in [-0.2, -0.15) is 0 Å². The molecule has 0 heterocycles. The van der Waals surface area contributed by atoms with E-state index in [1.807, 2.05) is 19.2 Å². The molecular formula is C19H24ClN. The van der Waals surface area contributed by atoms with Crippen LogP contribution >= 0.6 is 11.6 Å². The summed E-state index contributed by atoms with van der Waals surface area (Å²) >= 11 is 6.30. The number of halogens is 1. The van der Waals surface area contributed by atoms with Crippen molar-refractivity contribution in [3.8, 4) is 0 Å². The van der Waals surface area contributed by atoms with Gasteiger partial charge in [-0.3, -0.25) is 0 Å². The first kappa shape index (κ1) is 16.1. The molecule has 0 amide bonds. The van der Waals surface area contributed by atoms with E-state index in [0.29, 0.717) is 5.92 Å². The van der Waals surface area contributed by atoms with Gasteiger partial charge in [-0.15, -0.1) is 0 Å². The van der Waals surface area contributed by atoms with Crippen molar-refractivity contribution in [1.82, 2.24) is 5.32 Å². The molecule has 112 valence electrons. The highest BCUT2D eigenvalue weighted by Gasteiger charge is 2.12. The molecule has 0 radical (unpaired) electrons. The number of nitrogens with one attached hydrogen (secondary N) is 1. The first-order chi connectivity index (χ1) is 10.1. The second-order valence-corrected chi connectivity index (χ2v) is 6.25. The predicted octanol–water partition coefficient (Wildman–Crippen LogP) is 4.58. The molecule has 1 unspecified atom stereocenters. The van der Waals surface area contributed by atoms with Gasteiger partial charge in [0.05, 0.1) is 0 Å². The third-order valence-corrected chi connectivity index (χ3v) is 4.42. The molecule has 21 heavy (non-hydrogen) atoms. The molecule has 0 spiro atoms. The van der Waals surface area contributed by atoms with Crippen LogP contribution in [0.15, 0.2) is 42.5 Å². The number of benzene rings is 2. The second-order valence-electron chi connectivity index (χ2n) is 5.84. The van der Waals surface area contributed by atoms with Gasteiger partial charge in [-0.05, 0) is 74.5 Å². The van der Waals surface area contributed by atoms with Crippen molar-refractivity contribution in [3.63, 3.8) is 0 Å². The summed E-state index contributed by atoms with van der Waals surface area (Å²) in [6.45, 7) is 5.34. The Kier molecular flexibility index (Phi) is 5.84. The standard InChI is InChI=1S/C19H24ClN/c1-14-8-9-16(10-15(14)2)11-17(13-21-3)12-18-6-4-5-7-19(18)20/h4-10,17,21H,11-13H2,1-3H3. The zero-order chi connectivity index (χ0) is 15.2. The summed E-state index contributed by atoms with van der Waals surface area (Å²) in [5.41, 5.74) is 5.37. The van der Waals surface area contributed by atoms with Gasteiger partial charge in [0, 0.05) is 5.02 Å². The Morgan fingerprint density at radius 1 is 1.00 bits per heavy atom. The highest BCUT2D eigenvalue weighted by atomic mass is 35.5. The van der Waals surface area contributed by atoms with Crippen molar-refractivity contribution in [2.24, 2.45) is 5.92 Å². The van der Waals surface area contributed by atoms with E-state index in [2.05, 4.69) is 49.5 Å². The van der Waals surface area contributed by atoms with Crippen LogP contribution in [-0.2, 0) is 12.8 Å². The van der Waals surface area contributed by atoms with Crippen molar-refractivity contribution in [1.29, 1.82) is 0 Å². The smallest absolute Gasteiger partial charge is 0.0438 e. The van der Waals surface area contributed by atoms with Crippen molar-refractivity contribution in [2.75, 3.05) is 13.6 Å². The summed E-state index contributed by atoms with van der Waals surface area (Å²) in [6, 6.07) is 14.9. The maximum atomic E-state index is 6.30. The van der Waals surface area contributed by atoms with Crippen LogP contribution in [0.4, 0.5) is 0 Å². The van der Waals surface area contributed by atoms with E-state index in [-0.39, 0.29) is 0 Å². The molecule has 0 saturated heterocycles. The quantitative estimate of drug-likeness (QED) is 0.823. The van der Waals surface area contributed by atoms with Crippen LogP contribution in [0.25, 0.3) is 0 Å². The topological polar surface area (TPSA) is 12.0 Å². The normalized spacial score (nSPS) is 12.4. The van der Waals surface area contributed by atoms with Crippen LogP contribution in [0.2, 0.25) is 5.02 Å². The van der Waals surface area contributed by atoms with Crippen LogP contribution in [0.3, 0.4) is 0 Å². The van der Waals surface area contributed by atoms with Crippen molar-refractivity contribution in [2.45, 2.75) is 26.7 Å². The van der Waals surface area contributed by atoms with Crippen molar-refractivity contribution >= 4 is 11.6 Å². The van der Waals surface area contributed by atoms with Gasteiger partial charge in [0.25, 0.3) is 0 Å². The average molecular weight is 302 g/mol. The molecule has 0 fully saturated rings. The summed E-state index contributed by atoms with van der Waals surface area (Å²) in [5.74, 6) is 0.553. The number of hydrogen-bond donors (Lipinski definition) is 1. The highest BCUT2D eigenvalue weighted by Crippen LogP contribution is 2.21. The van der Waals surface area contributed by atoms with Crippen LogP contribution in [-0.4, -0.2) is 13.6 Å². The Morgan fingerprint density at radius 3 is 2.43 bits per heavy atom. The van der Waals surface area contributed by atoms with Crippen LogP contribution in [0.5, 0.6) is 0 Å². The molecule has 0 bridgehead atoms. The first-order valence-corrected chi connectivity index (χ1v) is 7.92. The predicted molar refractivity (Wildman–Crippen MR) is 92.2 cm³/mol. The Balaban J connectivity index is 2.11.